The monoisotopic (exact) mass is 483 g/mol. The van der Waals surface area contributed by atoms with E-state index >= 15 is 0 Å². The van der Waals surface area contributed by atoms with E-state index in [0.29, 0.717) is 22.8 Å². The van der Waals surface area contributed by atoms with Gasteiger partial charge in [-0.2, -0.15) is 0 Å². The van der Waals surface area contributed by atoms with Crippen molar-refractivity contribution in [2.45, 2.75) is 17.5 Å². The van der Waals surface area contributed by atoms with Crippen LogP contribution < -0.4 is 11.5 Å². The van der Waals surface area contributed by atoms with E-state index in [1.165, 1.54) is 33.6 Å². The molecule has 11 nitrogen and oxygen atoms in total. The van der Waals surface area contributed by atoms with Crippen molar-refractivity contribution in [1.82, 2.24) is 19.5 Å². The average Bonchev–Trinajstić information content (AvgIpc) is 3.37. The Morgan fingerprint density at radius 1 is 1.40 bits per heavy atom. The largest absolute Gasteiger partial charge is 0.382 e. The number of aromatic nitrogens is 3. The van der Waals surface area contributed by atoms with E-state index in [1.54, 1.807) is 11.8 Å². The molecule has 0 aromatic carbocycles. The number of oxime groups is 1. The highest BCUT2D eigenvalue weighted by atomic mass is 32.2. The second kappa shape index (κ2) is 8.71. The number of anilines is 1. The Morgan fingerprint density at radius 2 is 2.23 bits per heavy atom. The lowest BCUT2D eigenvalue weighted by atomic mass is 10.1. The maximum absolute atomic E-state index is 12.8. The number of thioether (sulfide) groups is 2. The average molecular weight is 484 g/mol. The fraction of sp³-hybridized carbons (Fsp3) is 0.267. The van der Waals surface area contributed by atoms with Crippen molar-refractivity contribution in [3.05, 3.63) is 32.8 Å². The Labute approximate surface area is 186 Å². The third kappa shape index (κ3) is 4.19. The Morgan fingerprint density at radius 3 is 2.87 bits per heavy atom. The lowest BCUT2D eigenvalue weighted by Crippen LogP contribution is -2.53. The number of primary amides is 1. The van der Waals surface area contributed by atoms with Crippen molar-refractivity contribution < 1.29 is 19.2 Å². The van der Waals surface area contributed by atoms with Gasteiger partial charge in [0.05, 0.1) is 17.5 Å². The van der Waals surface area contributed by atoms with Crippen LogP contribution in [0, 0.1) is 0 Å². The summed E-state index contributed by atoms with van der Waals surface area (Å²) in [7, 11) is 0. The van der Waals surface area contributed by atoms with Gasteiger partial charge >= 0.3 is 5.97 Å². The fourth-order valence-corrected chi connectivity index (χ4v) is 6.18. The Bertz CT molecular complexity index is 1060. The normalized spacial score (nSPS) is 18.8. The smallest absolute Gasteiger partial charge is 0.375 e. The lowest BCUT2D eigenvalue weighted by molar-refractivity contribution is -0.149. The molecule has 0 radical (unpaired) electrons. The first-order valence-electron chi connectivity index (χ1n) is 8.30. The number of thiazole rings is 1. The molecule has 2 aromatic rings. The molecule has 0 saturated carbocycles. The molecule has 4 N–H and O–H groups in total. The molecule has 0 spiro atoms. The summed E-state index contributed by atoms with van der Waals surface area (Å²) >= 11 is 5.26. The number of hydrogen-bond acceptors (Lipinski definition) is 13. The third-order valence-corrected chi connectivity index (χ3v) is 7.78. The van der Waals surface area contributed by atoms with E-state index < -0.39 is 11.9 Å². The highest BCUT2D eigenvalue weighted by molar-refractivity contribution is 8.05. The molecule has 0 unspecified atom stereocenters. The number of rotatable bonds is 7. The van der Waals surface area contributed by atoms with Gasteiger partial charge in [-0.05, 0) is 11.5 Å². The van der Waals surface area contributed by atoms with Crippen molar-refractivity contribution in [2.24, 2.45) is 10.9 Å². The number of nitrogens with two attached hydrogens (primary N) is 2. The lowest BCUT2D eigenvalue weighted by Gasteiger charge is -2.43. The zero-order valence-electron chi connectivity index (χ0n) is 15.0. The molecule has 1 fully saturated rings. The van der Waals surface area contributed by atoms with Crippen LogP contribution in [0.25, 0.3) is 0 Å². The van der Waals surface area contributed by atoms with Gasteiger partial charge in [-0.3, -0.25) is 14.5 Å². The highest BCUT2D eigenvalue weighted by Crippen LogP contribution is 2.44. The van der Waals surface area contributed by atoms with E-state index in [4.69, 9.17) is 16.3 Å². The first-order chi connectivity index (χ1) is 14.4. The summed E-state index contributed by atoms with van der Waals surface area (Å²) in [5, 5.41) is 11.0. The summed E-state index contributed by atoms with van der Waals surface area (Å²) in [6.07, 6.45) is 0.350. The minimum Gasteiger partial charge on any atom is -0.375 e. The van der Waals surface area contributed by atoms with Crippen LogP contribution in [0.5, 0.6) is 0 Å². The maximum atomic E-state index is 12.8. The second-order valence-electron chi connectivity index (χ2n) is 5.94. The van der Waals surface area contributed by atoms with Crippen LogP contribution in [-0.4, -0.2) is 54.1 Å². The topological polar surface area (TPSA) is 167 Å². The summed E-state index contributed by atoms with van der Waals surface area (Å²) in [5.41, 5.74) is 11.5. The van der Waals surface area contributed by atoms with Gasteiger partial charge in [0.25, 0.3) is 5.91 Å². The van der Waals surface area contributed by atoms with Crippen LogP contribution in [0.2, 0.25) is 0 Å². The van der Waals surface area contributed by atoms with Crippen molar-refractivity contribution >= 4 is 75.0 Å². The summed E-state index contributed by atoms with van der Waals surface area (Å²) < 4.78 is 3.81. The van der Waals surface area contributed by atoms with Crippen molar-refractivity contribution in [2.75, 3.05) is 11.5 Å². The molecule has 2 aromatic heterocycles. The standard InChI is InChI=1S/C15H13N7O4S4/c16-13(24)11(7-4-29-15(17)18-7)20-26-14(25)12-8(27-2-6-3-30-21-19-6)5-28-10-1-9(23)22(10)12/h3-4,10H,1-2,5H2,(H2,16,24)(H2,17,18)/b20-11-/t10-/m0/s1. The molecule has 2 aliphatic heterocycles. The number of hydrogen-bond donors (Lipinski definition) is 2. The van der Waals surface area contributed by atoms with Crippen LogP contribution in [-0.2, 0) is 25.0 Å². The van der Waals surface area contributed by atoms with Gasteiger partial charge in [0.1, 0.15) is 11.4 Å². The first-order valence-corrected chi connectivity index (χ1v) is 12.0. The third-order valence-electron chi connectivity index (χ3n) is 4.03. The number of carbonyl (C=O) groups excluding carboxylic acids is 3. The molecule has 156 valence electrons. The van der Waals surface area contributed by atoms with Crippen molar-refractivity contribution in [1.29, 1.82) is 0 Å². The highest BCUT2D eigenvalue weighted by Gasteiger charge is 2.46. The molecule has 2 aliphatic rings. The maximum Gasteiger partial charge on any atom is 0.382 e. The van der Waals surface area contributed by atoms with Crippen LogP contribution in [0.1, 0.15) is 17.8 Å². The predicted octanol–water partition coefficient (Wildman–Crippen LogP) is 0.760. The molecule has 15 heteroatoms. The van der Waals surface area contributed by atoms with Crippen LogP contribution in [0.15, 0.2) is 26.5 Å². The molecule has 2 amide bonds. The number of fused-ring (bicyclic) bond motifs is 1. The van der Waals surface area contributed by atoms with E-state index in [0.717, 1.165) is 17.0 Å². The molecule has 30 heavy (non-hydrogen) atoms. The molecule has 1 saturated heterocycles. The second-order valence-corrected chi connectivity index (χ2v) is 9.68. The zero-order chi connectivity index (χ0) is 21.3. The first kappa shape index (κ1) is 20.8. The van der Waals surface area contributed by atoms with Gasteiger partial charge in [-0.25, -0.2) is 9.78 Å². The molecule has 4 heterocycles. The minimum atomic E-state index is -0.926. The minimum absolute atomic E-state index is 0.106. The van der Waals surface area contributed by atoms with Gasteiger partial charge < -0.3 is 16.3 Å². The van der Waals surface area contributed by atoms with Gasteiger partial charge in [0, 0.05) is 27.2 Å². The molecule has 0 aliphatic carbocycles. The van der Waals surface area contributed by atoms with Gasteiger partial charge in [-0.1, -0.05) is 9.64 Å². The van der Waals surface area contributed by atoms with Crippen LogP contribution in [0.3, 0.4) is 0 Å². The molecule has 1 atom stereocenters. The van der Waals surface area contributed by atoms with Crippen LogP contribution >= 0.6 is 46.4 Å². The fourth-order valence-electron chi connectivity index (χ4n) is 2.64. The summed E-state index contributed by atoms with van der Waals surface area (Å²) in [6.45, 7) is 0. The quantitative estimate of drug-likeness (QED) is 0.248. The van der Waals surface area contributed by atoms with Gasteiger partial charge in [-0.15, -0.1) is 40.0 Å². The molecule has 4 rings (SSSR count). The summed E-state index contributed by atoms with van der Waals surface area (Å²) in [5.74, 6) is -0.933. The Kier molecular flexibility index (Phi) is 6.03. The molecular weight excluding hydrogens is 470 g/mol. The van der Waals surface area contributed by atoms with Crippen molar-refractivity contribution in [3.63, 3.8) is 0 Å². The number of β-lactam (4-membered cyclic amide) rings is 1. The Hall–Kier alpha value is -2.49. The molecule has 0 bridgehead atoms. The van der Waals surface area contributed by atoms with Crippen molar-refractivity contribution in [3.8, 4) is 0 Å². The van der Waals surface area contributed by atoms with Gasteiger partial charge in [0.2, 0.25) is 5.91 Å². The number of nitrogen functional groups attached to an aromatic ring is 1. The SMILES string of the molecule is NC(=O)/C(=N\OC(=O)C1=C(SCc2csnn2)CS[C@H]2CC(=O)N12)c1csc(N)n1. The number of nitrogens with zero attached hydrogens (tertiary/aromatic N) is 5. The van der Waals surface area contributed by atoms with Crippen LogP contribution in [0.4, 0.5) is 5.13 Å². The van der Waals surface area contributed by atoms with E-state index in [-0.39, 0.29) is 33.5 Å². The predicted molar refractivity (Wildman–Crippen MR) is 114 cm³/mol. The van der Waals surface area contributed by atoms with E-state index in [1.807, 2.05) is 5.38 Å². The Balaban J connectivity index is 1.58. The molecular formula is C15H13N7O4S4. The number of carbonyl (C=O) groups is 3. The number of amides is 2. The summed E-state index contributed by atoms with van der Waals surface area (Å²) in [4.78, 5) is 47.7. The van der Waals surface area contributed by atoms with Gasteiger partial charge in [0.15, 0.2) is 10.8 Å². The van der Waals surface area contributed by atoms with E-state index in [2.05, 4.69) is 19.7 Å². The van der Waals surface area contributed by atoms with E-state index in [9.17, 15) is 14.4 Å². The summed E-state index contributed by atoms with van der Waals surface area (Å²) in [6, 6.07) is 0. The zero-order valence-corrected chi connectivity index (χ0v) is 18.3.